The number of aliphatic carboxylic acids is 1. The quantitative estimate of drug-likeness (QED) is 0.841. The normalized spacial score (nSPS) is 12.7. The van der Waals surface area contributed by atoms with Gasteiger partial charge in [0.15, 0.2) is 6.10 Å². The lowest BCUT2D eigenvalue weighted by atomic mass is 10.1. The number of aromatic nitrogens is 1. The van der Waals surface area contributed by atoms with Gasteiger partial charge in [-0.2, -0.15) is 13.2 Å². The zero-order valence-corrected chi connectivity index (χ0v) is 12.5. The van der Waals surface area contributed by atoms with Crippen LogP contribution in [0.4, 0.5) is 13.2 Å². The molecule has 4 nitrogen and oxygen atoms in total. The molecular formula is C15H11ClF3NO3. The fraction of sp³-hybridized carbons (Fsp3) is 0.200. The Hall–Kier alpha value is -2.28. The molecule has 0 radical (unpaired) electrons. The summed E-state index contributed by atoms with van der Waals surface area (Å²) in [6.07, 6.45) is -5.57. The summed E-state index contributed by atoms with van der Waals surface area (Å²) in [5.74, 6) is -0.845. The van der Waals surface area contributed by atoms with Gasteiger partial charge in [0.25, 0.3) is 0 Å². The van der Waals surface area contributed by atoms with Crippen LogP contribution in [0.3, 0.4) is 0 Å². The Bertz CT molecular complexity index is 717. The van der Waals surface area contributed by atoms with E-state index < -0.39 is 23.8 Å². The Morgan fingerprint density at radius 3 is 2.39 bits per heavy atom. The maximum atomic E-state index is 12.8. The standard InChI is InChI=1S/C15H11ClF3NO3/c1-8(14(21)22)23-11-4-2-9(3-5-11)12-6-10(15(17,18)19)7-13(16)20-12/h2-8H,1H3,(H,21,22)/t8-/m1/s1. The Balaban J connectivity index is 2.29. The fourth-order valence-corrected chi connectivity index (χ4v) is 1.98. The third kappa shape index (κ3) is 4.35. The summed E-state index contributed by atoms with van der Waals surface area (Å²) in [7, 11) is 0. The minimum Gasteiger partial charge on any atom is -0.479 e. The van der Waals surface area contributed by atoms with E-state index in [-0.39, 0.29) is 16.6 Å². The molecule has 0 amide bonds. The molecule has 122 valence electrons. The molecule has 1 aromatic heterocycles. The van der Waals surface area contributed by atoms with Crippen LogP contribution in [0.5, 0.6) is 5.75 Å². The largest absolute Gasteiger partial charge is 0.479 e. The fourth-order valence-electron chi connectivity index (χ4n) is 1.77. The molecule has 0 saturated carbocycles. The van der Waals surface area contributed by atoms with Gasteiger partial charge in [-0.1, -0.05) is 11.6 Å². The van der Waals surface area contributed by atoms with Gasteiger partial charge in [-0.3, -0.25) is 0 Å². The third-order valence-corrected chi connectivity index (χ3v) is 3.13. The van der Waals surface area contributed by atoms with E-state index in [1.807, 2.05) is 0 Å². The van der Waals surface area contributed by atoms with Crippen molar-refractivity contribution in [1.29, 1.82) is 0 Å². The Morgan fingerprint density at radius 2 is 1.87 bits per heavy atom. The highest BCUT2D eigenvalue weighted by Gasteiger charge is 2.31. The highest BCUT2D eigenvalue weighted by Crippen LogP contribution is 2.33. The van der Waals surface area contributed by atoms with Crippen LogP contribution in [0.15, 0.2) is 36.4 Å². The molecule has 1 heterocycles. The van der Waals surface area contributed by atoms with Crippen molar-refractivity contribution in [1.82, 2.24) is 4.98 Å². The molecule has 0 bridgehead atoms. The maximum absolute atomic E-state index is 12.8. The van der Waals surface area contributed by atoms with Crippen molar-refractivity contribution in [3.63, 3.8) is 0 Å². The lowest BCUT2D eigenvalue weighted by molar-refractivity contribution is -0.144. The topological polar surface area (TPSA) is 59.4 Å². The van der Waals surface area contributed by atoms with Gasteiger partial charge >= 0.3 is 12.1 Å². The van der Waals surface area contributed by atoms with E-state index in [2.05, 4.69) is 4.98 Å². The molecule has 1 aromatic carbocycles. The number of carbonyl (C=O) groups is 1. The lowest BCUT2D eigenvalue weighted by Gasteiger charge is -2.12. The first-order valence-electron chi connectivity index (χ1n) is 6.41. The number of carboxylic acids is 1. The van der Waals surface area contributed by atoms with E-state index in [0.29, 0.717) is 5.56 Å². The molecule has 0 fully saturated rings. The number of benzene rings is 1. The molecule has 0 spiro atoms. The molecule has 0 aliphatic carbocycles. The predicted molar refractivity (Wildman–Crippen MR) is 77.4 cm³/mol. The molecule has 8 heteroatoms. The number of ether oxygens (including phenoxy) is 1. The van der Waals surface area contributed by atoms with Gasteiger partial charge < -0.3 is 9.84 Å². The van der Waals surface area contributed by atoms with Crippen molar-refractivity contribution in [2.45, 2.75) is 19.2 Å². The van der Waals surface area contributed by atoms with Gasteiger partial charge in [0.2, 0.25) is 0 Å². The summed E-state index contributed by atoms with van der Waals surface area (Å²) in [5.41, 5.74) is -0.441. The summed E-state index contributed by atoms with van der Waals surface area (Å²) in [4.78, 5) is 14.6. The van der Waals surface area contributed by atoms with E-state index >= 15 is 0 Å². The van der Waals surface area contributed by atoms with Gasteiger partial charge in [-0.15, -0.1) is 0 Å². The van der Waals surface area contributed by atoms with Crippen LogP contribution in [0, 0.1) is 0 Å². The monoisotopic (exact) mass is 345 g/mol. The van der Waals surface area contributed by atoms with Gasteiger partial charge in [0, 0.05) is 5.56 Å². The average Bonchev–Trinajstić information content (AvgIpc) is 2.46. The molecule has 1 N–H and O–H groups in total. The van der Waals surface area contributed by atoms with Crippen molar-refractivity contribution in [2.75, 3.05) is 0 Å². The molecule has 0 saturated heterocycles. The second-order valence-corrected chi connectivity index (χ2v) is 5.07. The highest BCUT2D eigenvalue weighted by molar-refractivity contribution is 6.29. The predicted octanol–water partition coefficient (Wildman–Crippen LogP) is 4.27. The van der Waals surface area contributed by atoms with E-state index in [9.17, 15) is 18.0 Å². The smallest absolute Gasteiger partial charge is 0.416 e. The van der Waals surface area contributed by atoms with Crippen LogP contribution < -0.4 is 4.74 Å². The second kappa shape index (κ2) is 6.45. The number of carboxylic acid groups (broad SMARTS) is 1. The van der Waals surface area contributed by atoms with Crippen LogP contribution in [0.25, 0.3) is 11.3 Å². The van der Waals surface area contributed by atoms with E-state index in [0.717, 1.165) is 12.1 Å². The Kier molecular flexibility index (Phi) is 4.79. The van der Waals surface area contributed by atoms with Crippen LogP contribution in [0.2, 0.25) is 5.15 Å². The zero-order valence-electron chi connectivity index (χ0n) is 11.8. The second-order valence-electron chi connectivity index (χ2n) is 4.68. The Labute approximate surface area is 134 Å². The van der Waals surface area contributed by atoms with Crippen LogP contribution in [-0.4, -0.2) is 22.2 Å². The van der Waals surface area contributed by atoms with Gasteiger partial charge in [0.1, 0.15) is 10.9 Å². The van der Waals surface area contributed by atoms with E-state index in [1.165, 1.54) is 31.2 Å². The van der Waals surface area contributed by atoms with Crippen molar-refractivity contribution >= 4 is 17.6 Å². The number of rotatable bonds is 4. The van der Waals surface area contributed by atoms with Gasteiger partial charge in [-0.05, 0) is 43.3 Å². The number of hydrogen-bond acceptors (Lipinski definition) is 3. The van der Waals surface area contributed by atoms with Crippen LogP contribution in [0.1, 0.15) is 12.5 Å². The van der Waals surface area contributed by atoms with E-state index in [4.69, 9.17) is 21.4 Å². The molecular weight excluding hydrogens is 335 g/mol. The van der Waals surface area contributed by atoms with E-state index in [1.54, 1.807) is 0 Å². The number of hydrogen-bond donors (Lipinski definition) is 1. The highest BCUT2D eigenvalue weighted by atomic mass is 35.5. The summed E-state index contributed by atoms with van der Waals surface area (Å²) < 4.78 is 43.5. The van der Waals surface area contributed by atoms with Crippen molar-refractivity contribution in [3.05, 3.63) is 47.1 Å². The van der Waals surface area contributed by atoms with Crippen LogP contribution in [-0.2, 0) is 11.0 Å². The number of alkyl halides is 3. The minimum atomic E-state index is -4.53. The average molecular weight is 346 g/mol. The maximum Gasteiger partial charge on any atom is 0.416 e. The first-order valence-corrected chi connectivity index (χ1v) is 6.79. The Morgan fingerprint density at radius 1 is 1.26 bits per heavy atom. The number of halogens is 4. The molecule has 23 heavy (non-hydrogen) atoms. The molecule has 0 aliphatic rings. The molecule has 0 aliphatic heterocycles. The minimum absolute atomic E-state index is 0.0580. The summed E-state index contributed by atoms with van der Waals surface area (Å²) in [5, 5.41) is 8.49. The summed E-state index contributed by atoms with van der Waals surface area (Å²) in [6, 6.07) is 7.49. The summed E-state index contributed by atoms with van der Waals surface area (Å²) in [6.45, 7) is 1.37. The molecule has 0 unspecified atom stereocenters. The summed E-state index contributed by atoms with van der Waals surface area (Å²) >= 11 is 5.64. The van der Waals surface area contributed by atoms with Gasteiger partial charge in [-0.25, -0.2) is 9.78 Å². The lowest BCUT2D eigenvalue weighted by Crippen LogP contribution is -2.22. The molecule has 2 aromatic rings. The number of pyridine rings is 1. The molecule has 2 rings (SSSR count). The van der Waals surface area contributed by atoms with Crippen LogP contribution >= 0.6 is 11.6 Å². The third-order valence-electron chi connectivity index (χ3n) is 2.93. The van der Waals surface area contributed by atoms with Gasteiger partial charge in [0.05, 0.1) is 11.3 Å². The van der Waals surface area contributed by atoms with Crippen molar-refractivity contribution in [3.8, 4) is 17.0 Å². The first-order chi connectivity index (χ1) is 10.7. The number of nitrogens with zero attached hydrogens (tertiary/aromatic N) is 1. The SMILES string of the molecule is C[C@@H](Oc1ccc(-c2cc(C(F)(F)F)cc(Cl)n2)cc1)C(=O)O. The first kappa shape index (κ1) is 17.1. The van der Waals surface area contributed by atoms with Crippen molar-refractivity contribution in [2.24, 2.45) is 0 Å². The van der Waals surface area contributed by atoms with Crippen molar-refractivity contribution < 1.29 is 27.8 Å². The molecule has 1 atom stereocenters. The zero-order chi connectivity index (χ0) is 17.2.